The van der Waals surface area contributed by atoms with Gasteiger partial charge in [0.15, 0.2) is 0 Å². The molecule has 5 heteroatoms. The number of morpholine rings is 1. The van der Waals surface area contributed by atoms with Gasteiger partial charge in [0.2, 0.25) is 5.91 Å². The molecule has 1 amide bonds. The molecule has 0 bridgehead atoms. The van der Waals surface area contributed by atoms with Crippen LogP contribution in [-0.2, 0) is 29.0 Å². The van der Waals surface area contributed by atoms with E-state index in [9.17, 15) is 4.79 Å². The number of carbonyl (C=O) groups excluding carboxylic acids is 1. The van der Waals surface area contributed by atoms with E-state index in [2.05, 4.69) is 42.3 Å². The van der Waals surface area contributed by atoms with E-state index in [1.807, 2.05) is 23.6 Å². The van der Waals surface area contributed by atoms with Crippen molar-refractivity contribution in [2.75, 3.05) is 13.1 Å². The summed E-state index contributed by atoms with van der Waals surface area (Å²) < 4.78 is 5.82. The maximum absolute atomic E-state index is 12.1. The Morgan fingerprint density at radius 2 is 1.88 bits per heavy atom. The molecule has 1 aliphatic heterocycles. The van der Waals surface area contributed by atoms with Gasteiger partial charge in [-0.05, 0) is 36.4 Å². The first-order valence-corrected chi connectivity index (χ1v) is 9.72. The first-order valence-electron chi connectivity index (χ1n) is 8.84. The maximum Gasteiger partial charge on any atom is 0.225 e. The zero-order chi connectivity index (χ0) is 17.6. The molecule has 0 spiro atoms. The van der Waals surface area contributed by atoms with Crippen molar-refractivity contribution >= 4 is 17.2 Å². The van der Waals surface area contributed by atoms with Gasteiger partial charge in [0.1, 0.15) is 0 Å². The molecule has 2 atom stereocenters. The molecule has 1 aromatic carbocycles. The van der Waals surface area contributed by atoms with Gasteiger partial charge in [-0.1, -0.05) is 30.3 Å². The molecule has 25 heavy (non-hydrogen) atoms. The molecular weight excluding hydrogens is 332 g/mol. The molecule has 0 unspecified atom stereocenters. The molecule has 1 fully saturated rings. The third-order valence-electron chi connectivity index (χ3n) is 4.40. The highest BCUT2D eigenvalue weighted by atomic mass is 32.1. The van der Waals surface area contributed by atoms with Crippen molar-refractivity contribution in [3.05, 3.63) is 57.8 Å². The first kappa shape index (κ1) is 18.1. The molecule has 1 N–H and O–H groups in total. The molecule has 1 saturated heterocycles. The largest absolute Gasteiger partial charge is 0.373 e. The predicted molar refractivity (Wildman–Crippen MR) is 102 cm³/mol. The SMILES string of the molecule is C[C@@H]1CN(Cc2ccccc2CNC(=O)Cc2cccs2)C[C@@H](C)O1. The van der Waals surface area contributed by atoms with Gasteiger partial charge in [-0.2, -0.15) is 0 Å². The van der Waals surface area contributed by atoms with Crippen LogP contribution in [0.4, 0.5) is 0 Å². The van der Waals surface area contributed by atoms with E-state index < -0.39 is 0 Å². The van der Waals surface area contributed by atoms with Gasteiger partial charge in [0, 0.05) is 31.1 Å². The Morgan fingerprint density at radius 3 is 2.56 bits per heavy atom. The van der Waals surface area contributed by atoms with Crippen LogP contribution in [-0.4, -0.2) is 36.1 Å². The zero-order valence-corrected chi connectivity index (χ0v) is 15.7. The van der Waals surface area contributed by atoms with Crippen molar-refractivity contribution < 1.29 is 9.53 Å². The summed E-state index contributed by atoms with van der Waals surface area (Å²) in [7, 11) is 0. The average molecular weight is 359 g/mol. The maximum atomic E-state index is 12.1. The Kier molecular flexibility index (Phi) is 6.24. The van der Waals surface area contributed by atoms with Crippen molar-refractivity contribution in [3.8, 4) is 0 Å². The Labute approximate surface area is 153 Å². The lowest BCUT2D eigenvalue weighted by Crippen LogP contribution is -2.45. The van der Waals surface area contributed by atoms with E-state index in [4.69, 9.17) is 4.74 Å². The van der Waals surface area contributed by atoms with E-state index in [-0.39, 0.29) is 18.1 Å². The number of thiophene rings is 1. The lowest BCUT2D eigenvalue weighted by molar-refractivity contribution is -0.120. The number of carbonyl (C=O) groups is 1. The zero-order valence-electron chi connectivity index (χ0n) is 14.9. The highest BCUT2D eigenvalue weighted by Crippen LogP contribution is 2.17. The lowest BCUT2D eigenvalue weighted by atomic mass is 10.1. The van der Waals surface area contributed by atoms with Crippen LogP contribution in [0.3, 0.4) is 0 Å². The topological polar surface area (TPSA) is 41.6 Å². The van der Waals surface area contributed by atoms with Crippen molar-refractivity contribution in [1.29, 1.82) is 0 Å². The van der Waals surface area contributed by atoms with Crippen LogP contribution in [0.1, 0.15) is 29.9 Å². The van der Waals surface area contributed by atoms with E-state index in [0.29, 0.717) is 13.0 Å². The van der Waals surface area contributed by atoms with Gasteiger partial charge in [0.25, 0.3) is 0 Å². The van der Waals surface area contributed by atoms with E-state index in [1.165, 1.54) is 11.1 Å². The number of amides is 1. The Morgan fingerprint density at radius 1 is 1.16 bits per heavy atom. The summed E-state index contributed by atoms with van der Waals surface area (Å²) in [4.78, 5) is 15.7. The van der Waals surface area contributed by atoms with Gasteiger partial charge < -0.3 is 10.1 Å². The third-order valence-corrected chi connectivity index (χ3v) is 5.27. The van der Waals surface area contributed by atoms with Crippen molar-refractivity contribution in [2.24, 2.45) is 0 Å². The second kappa shape index (κ2) is 8.61. The summed E-state index contributed by atoms with van der Waals surface area (Å²) in [5.41, 5.74) is 2.47. The number of hydrogen-bond donors (Lipinski definition) is 1. The summed E-state index contributed by atoms with van der Waals surface area (Å²) in [5.74, 6) is 0.0749. The molecule has 134 valence electrons. The molecule has 3 rings (SSSR count). The third kappa shape index (κ3) is 5.39. The molecule has 2 heterocycles. The van der Waals surface area contributed by atoms with Gasteiger partial charge in [-0.15, -0.1) is 11.3 Å². The van der Waals surface area contributed by atoms with E-state index in [1.54, 1.807) is 11.3 Å². The van der Waals surface area contributed by atoms with E-state index in [0.717, 1.165) is 24.5 Å². The number of nitrogens with zero attached hydrogens (tertiary/aromatic N) is 1. The Hall–Kier alpha value is -1.69. The Bertz CT molecular complexity index is 677. The number of nitrogens with one attached hydrogen (secondary N) is 1. The summed E-state index contributed by atoms with van der Waals surface area (Å²) in [5, 5.41) is 5.06. The molecule has 0 radical (unpaired) electrons. The standard InChI is InChI=1S/C20H26N2O2S/c1-15-12-22(13-16(2)24-15)14-18-7-4-3-6-17(18)11-21-20(23)10-19-8-5-9-25-19/h3-9,15-16H,10-14H2,1-2H3,(H,21,23)/t15-,16-/m1/s1. The summed E-state index contributed by atoms with van der Waals surface area (Å²) >= 11 is 1.62. The average Bonchev–Trinajstić information content (AvgIpc) is 3.06. The van der Waals surface area contributed by atoms with Crippen molar-refractivity contribution in [3.63, 3.8) is 0 Å². The Balaban J connectivity index is 1.58. The van der Waals surface area contributed by atoms with Crippen LogP contribution >= 0.6 is 11.3 Å². The predicted octanol–water partition coefficient (Wildman–Crippen LogP) is 3.22. The molecule has 4 nitrogen and oxygen atoms in total. The van der Waals surface area contributed by atoms with E-state index >= 15 is 0 Å². The molecule has 2 aromatic rings. The second-order valence-corrected chi connectivity index (χ2v) is 7.79. The number of benzene rings is 1. The van der Waals surface area contributed by atoms with Crippen LogP contribution in [0.5, 0.6) is 0 Å². The molecule has 1 aliphatic rings. The fourth-order valence-corrected chi connectivity index (χ4v) is 4.07. The summed E-state index contributed by atoms with van der Waals surface area (Å²) in [6, 6.07) is 12.3. The van der Waals surface area contributed by atoms with Crippen molar-refractivity contribution in [1.82, 2.24) is 10.2 Å². The van der Waals surface area contributed by atoms with Gasteiger partial charge in [0.05, 0.1) is 18.6 Å². The van der Waals surface area contributed by atoms with Crippen LogP contribution in [0, 0.1) is 0 Å². The van der Waals surface area contributed by atoms with Crippen molar-refractivity contribution in [2.45, 2.75) is 45.6 Å². The molecule has 0 aliphatic carbocycles. The van der Waals surface area contributed by atoms with Gasteiger partial charge in [-0.3, -0.25) is 9.69 Å². The first-order chi connectivity index (χ1) is 12.1. The number of ether oxygens (including phenoxy) is 1. The van der Waals surface area contributed by atoms with Crippen LogP contribution < -0.4 is 5.32 Å². The van der Waals surface area contributed by atoms with Gasteiger partial charge in [-0.25, -0.2) is 0 Å². The summed E-state index contributed by atoms with van der Waals surface area (Å²) in [6.07, 6.45) is 0.987. The van der Waals surface area contributed by atoms with Crippen LogP contribution in [0.2, 0.25) is 0 Å². The minimum atomic E-state index is 0.0749. The smallest absolute Gasteiger partial charge is 0.225 e. The highest BCUT2D eigenvalue weighted by Gasteiger charge is 2.22. The quantitative estimate of drug-likeness (QED) is 0.862. The monoisotopic (exact) mass is 358 g/mol. The molecule has 0 saturated carbocycles. The summed E-state index contributed by atoms with van der Waals surface area (Å²) in [6.45, 7) is 7.62. The van der Waals surface area contributed by atoms with Crippen LogP contribution in [0.15, 0.2) is 41.8 Å². The number of rotatable bonds is 6. The normalized spacial score (nSPS) is 21.2. The van der Waals surface area contributed by atoms with Gasteiger partial charge >= 0.3 is 0 Å². The fourth-order valence-electron chi connectivity index (χ4n) is 3.37. The lowest BCUT2D eigenvalue weighted by Gasteiger charge is -2.35. The number of hydrogen-bond acceptors (Lipinski definition) is 4. The minimum absolute atomic E-state index is 0.0749. The fraction of sp³-hybridized carbons (Fsp3) is 0.450. The second-order valence-electron chi connectivity index (χ2n) is 6.75. The minimum Gasteiger partial charge on any atom is -0.373 e. The molecular formula is C20H26N2O2S. The molecule has 1 aromatic heterocycles. The highest BCUT2D eigenvalue weighted by molar-refractivity contribution is 7.10. The van der Waals surface area contributed by atoms with Crippen LogP contribution in [0.25, 0.3) is 0 Å².